The van der Waals surface area contributed by atoms with Crippen LogP contribution in [0, 0.1) is 0 Å². The topological polar surface area (TPSA) is 53.5 Å². The molecule has 0 N–H and O–H groups in total. The van der Waals surface area contributed by atoms with E-state index in [4.69, 9.17) is 0 Å². The maximum atomic E-state index is 12.0. The first-order valence-corrected chi connectivity index (χ1v) is 6.74. The van der Waals surface area contributed by atoms with Crippen LogP contribution in [0.15, 0.2) is 35.2 Å². The Kier molecular flexibility index (Phi) is 2.90. The molecule has 0 bridgehead atoms. The molecule has 0 saturated heterocycles. The minimum absolute atomic E-state index is 0.324. The third-order valence-electron chi connectivity index (χ3n) is 2.21. The van der Waals surface area contributed by atoms with Crippen LogP contribution >= 0.6 is 15.9 Å². The summed E-state index contributed by atoms with van der Waals surface area (Å²) in [5.74, 6) is 0. The molecule has 2 heterocycles. The van der Waals surface area contributed by atoms with E-state index in [-0.39, 0.29) is 0 Å². The average Bonchev–Trinajstić information content (AvgIpc) is 2.22. The van der Waals surface area contributed by atoms with Crippen LogP contribution in [-0.4, -0.2) is 31.3 Å². The van der Waals surface area contributed by atoms with Gasteiger partial charge in [-0.3, -0.25) is 9.29 Å². The maximum Gasteiger partial charge on any atom is 0.325 e. The van der Waals surface area contributed by atoms with Gasteiger partial charge in [0.25, 0.3) is 0 Å². The highest BCUT2D eigenvalue weighted by molar-refractivity contribution is 9.10. The van der Waals surface area contributed by atoms with Crippen molar-refractivity contribution < 1.29 is 8.42 Å². The lowest BCUT2D eigenvalue weighted by atomic mass is 10.4. The van der Waals surface area contributed by atoms with Crippen molar-refractivity contribution in [1.82, 2.24) is 9.29 Å². The largest absolute Gasteiger partial charge is 0.325 e. The molecule has 0 spiro atoms. The summed E-state index contributed by atoms with van der Waals surface area (Å²) in [5.41, 5.74) is 0.547. The van der Waals surface area contributed by atoms with E-state index >= 15 is 0 Å². The van der Waals surface area contributed by atoms with E-state index in [0.29, 0.717) is 12.2 Å². The second-order valence-corrected chi connectivity index (χ2v) is 6.13. The van der Waals surface area contributed by atoms with E-state index < -0.39 is 10.2 Å². The van der Waals surface area contributed by atoms with Gasteiger partial charge in [0.1, 0.15) is 0 Å². The quantitative estimate of drug-likeness (QED) is 0.787. The van der Waals surface area contributed by atoms with Gasteiger partial charge in [0.05, 0.1) is 18.4 Å². The van der Waals surface area contributed by atoms with Crippen molar-refractivity contribution in [3.8, 4) is 0 Å². The van der Waals surface area contributed by atoms with E-state index in [2.05, 4.69) is 20.9 Å². The zero-order valence-electron chi connectivity index (χ0n) is 8.54. The summed E-state index contributed by atoms with van der Waals surface area (Å²) in [4.78, 5) is 3.95. The molecule has 1 aromatic heterocycles. The monoisotopic (exact) mass is 303 g/mol. The zero-order valence-corrected chi connectivity index (χ0v) is 10.9. The lowest BCUT2D eigenvalue weighted by Crippen LogP contribution is -2.42. The van der Waals surface area contributed by atoms with E-state index in [1.807, 2.05) is 0 Å². The van der Waals surface area contributed by atoms with Crippen molar-refractivity contribution in [2.75, 3.05) is 17.9 Å². The van der Waals surface area contributed by atoms with Gasteiger partial charge in [-0.05, 0) is 28.1 Å². The van der Waals surface area contributed by atoms with Crippen LogP contribution in [0.4, 0.5) is 5.69 Å². The molecular weight excluding hydrogens is 294 g/mol. The molecule has 1 aliphatic rings. The lowest BCUT2D eigenvalue weighted by Gasteiger charge is -2.30. The summed E-state index contributed by atoms with van der Waals surface area (Å²) >= 11 is 3.27. The van der Waals surface area contributed by atoms with Crippen LogP contribution in [0.1, 0.15) is 0 Å². The second-order valence-electron chi connectivity index (χ2n) is 3.30. The van der Waals surface area contributed by atoms with Crippen molar-refractivity contribution >= 4 is 31.8 Å². The standard InChI is InChI=1S/C9H10BrN3O2S/c1-12-3-2-4-13(16(12,14)15)9-5-8(10)6-11-7-9/h2-3,5-7H,4H2,1H3. The number of hydrogen-bond donors (Lipinski definition) is 0. The van der Waals surface area contributed by atoms with Gasteiger partial charge in [0.2, 0.25) is 0 Å². The van der Waals surface area contributed by atoms with E-state index in [1.165, 1.54) is 28.1 Å². The molecule has 0 saturated carbocycles. The molecule has 0 aliphatic carbocycles. The van der Waals surface area contributed by atoms with E-state index in [9.17, 15) is 8.42 Å². The fourth-order valence-electron chi connectivity index (χ4n) is 1.39. The predicted molar refractivity (Wildman–Crippen MR) is 65.1 cm³/mol. The summed E-state index contributed by atoms with van der Waals surface area (Å²) in [6.45, 7) is 0.324. The minimum atomic E-state index is -3.45. The second kappa shape index (κ2) is 4.06. The maximum absolute atomic E-state index is 12.0. The molecule has 1 aromatic rings. The predicted octanol–water partition coefficient (Wildman–Crippen LogP) is 1.35. The van der Waals surface area contributed by atoms with Crippen LogP contribution in [0.5, 0.6) is 0 Å². The Morgan fingerprint density at radius 1 is 1.44 bits per heavy atom. The van der Waals surface area contributed by atoms with E-state index in [1.54, 1.807) is 18.3 Å². The molecule has 0 atom stereocenters. The van der Waals surface area contributed by atoms with Crippen LogP contribution in [-0.2, 0) is 10.2 Å². The molecular formula is C9H10BrN3O2S. The number of pyridine rings is 1. The first-order valence-electron chi connectivity index (χ1n) is 4.55. The van der Waals surface area contributed by atoms with Gasteiger partial charge in [0, 0.05) is 23.9 Å². The summed E-state index contributed by atoms with van der Waals surface area (Å²) < 4.78 is 27.2. The number of anilines is 1. The lowest BCUT2D eigenvalue weighted by molar-refractivity contribution is 0.529. The van der Waals surface area contributed by atoms with Gasteiger partial charge in [-0.25, -0.2) is 4.31 Å². The molecule has 0 radical (unpaired) electrons. The third-order valence-corrected chi connectivity index (χ3v) is 4.41. The number of halogens is 1. The molecule has 2 rings (SSSR count). The first-order chi connectivity index (χ1) is 7.51. The SMILES string of the molecule is CN1C=CCN(c2cncc(Br)c2)S1(=O)=O. The summed E-state index contributed by atoms with van der Waals surface area (Å²) in [7, 11) is -1.95. The average molecular weight is 304 g/mol. The summed E-state index contributed by atoms with van der Waals surface area (Å²) in [6, 6.07) is 1.72. The van der Waals surface area contributed by atoms with Gasteiger partial charge >= 0.3 is 10.2 Å². The minimum Gasteiger partial charge on any atom is -0.264 e. The van der Waals surface area contributed by atoms with Crippen molar-refractivity contribution in [3.05, 3.63) is 35.2 Å². The molecule has 0 unspecified atom stereocenters. The molecule has 16 heavy (non-hydrogen) atoms. The van der Waals surface area contributed by atoms with Crippen molar-refractivity contribution in [2.24, 2.45) is 0 Å². The number of aromatic nitrogens is 1. The summed E-state index contributed by atoms with van der Waals surface area (Å²) in [5, 5.41) is 0. The highest BCUT2D eigenvalue weighted by Gasteiger charge is 2.27. The van der Waals surface area contributed by atoms with Crippen LogP contribution in [0.3, 0.4) is 0 Å². The highest BCUT2D eigenvalue weighted by Crippen LogP contribution is 2.24. The van der Waals surface area contributed by atoms with Gasteiger partial charge in [-0.2, -0.15) is 8.42 Å². The Labute approximate surface area is 103 Å². The number of rotatable bonds is 1. The third kappa shape index (κ3) is 1.92. The van der Waals surface area contributed by atoms with E-state index in [0.717, 1.165) is 4.47 Å². The normalized spacial score (nSPS) is 18.9. The highest BCUT2D eigenvalue weighted by atomic mass is 79.9. The molecule has 0 aromatic carbocycles. The number of hydrogen-bond acceptors (Lipinski definition) is 3. The molecule has 0 amide bonds. The molecule has 86 valence electrons. The molecule has 7 heteroatoms. The van der Waals surface area contributed by atoms with Crippen molar-refractivity contribution in [2.45, 2.75) is 0 Å². The smallest absolute Gasteiger partial charge is 0.264 e. The first kappa shape index (κ1) is 11.4. The molecule has 5 nitrogen and oxygen atoms in total. The van der Waals surface area contributed by atoms with Crippen LogP contribution in [0.25, 0.3) is 0 Å². The zero-order chi connectivity index (χ0) is 11.8. The van der Waals surface area contributed by atoms with Crippen LogP contribution in [0.2, 0.25) is 0 Å². The Hall–Kier alpha value is -1.08. The van der Waals surface area contributed by atoms with Gasteiger partial charge < -0.3 is 0 Å². The van der Waals surface area contributed by atoms with Gasteiger partial charge in [-0.15, -0.1) is 0 Å². The molecule has 1 aliphatic heterocycles. The summed E-state index contributed by atoms with van der Waals surface area (Å²) in [6.07, 6.45) is 6.45. The van der Waals surface area contributed by atoms with Gasteiger partial charge in [-0.1, -0.05) is 0 Å². The fourth-order valence-corrected chi connectivity index (χ4v) is 2.94. The Morgan fingerprint density at radius 3 is 2.88 bits per heavy atom. The fraction of sp³-hybridized carbons (Fsp3) is 0.222. The van der Waals surface area contributed by atoms with Crippen molar-refractivity contribution in [1.29, 1.82) is 0 Å². The van der Waals surface area contributed by atoms with Gasteiger partial charge in [0.15, 0.2) is 0 Å². The Balaban J connectivity index is 2.46. The molecule has 0 fully saturated rings. The number of nitrogens with zero attached hydrogens (tertiary/aromatic N) is 3. The van der Waals surface area contributed by atoms with Crippen molar-refractivity contribution in [3.63, 3.8) is 0 Å². The Bertz CT molecular complexity index is 529. The van der Waals surface area contributed by atoms with Crippen LogP contribution < -0.4 is 4.31 Å². The Morgan fingerprint density at radius 2 is 2.19 bits per heavy atom.